The van der Waals surface area contributed by atoms with E-state index in [9.17, 15) is 9.59 Å². The number of para-hydroxylation sites is 2. The molecule has 2 amide bonds. The second kappa shape index (κ2) is 9.93. The fraction of sp³-hybridized carbons (Fsp3) is 0.375. The summed E-state index contributed by atoms with van der Waals surface area (Å²) in [4.78, 5) is 33.9. The van der Waals surface area contributed by atoms with Crippen molar-refractivity contribution in [1.29, 1.82) is 0 Å². The zero-order valence-corrected chi connectivity index (χ0v) is 18.3. The Labute approximate surface area is 187 Å². The molecule has 168 valence electrons. The lowest BCUT2D eigenvalue weighted by Gasteiger charge is -2.40. The average molecular weight is 436 g/mol. The lowest BCUT2D eigenvalue weighted by Crippen LogP contribution is -2.60. The summed E-state index contributed by atoms with van der Waals surface area (Å²) >= 11 is 0. The largest absolute Gasteiger partial charge is 0.377 e. The summed E-state index contributed by atoms with van der Waals surface area (Å²) in [7, 11) is 1.60. The summed E-state index contributed by atoms with van der Waals surface area (Å²) in [5.74, 6) is 0.0616. The second-order valence-electron chi connectivity index (χ2n) is 8.08. The SMILES string of the molecule is COCc1nc2ccccc2n1CC(=O)N1CCN(CCc2ccccc2)C[C@H]1C(N)=O. The van der Waals surface area contributed by atoms with Gasteiger partial charge in [0.05, 0.1) is 11.0 Å². The predicted molar refractivity (Wildman–Crippen MR) is 122 cm³/mol. The summed E-state index contributed by atoms with van der Waals surface area (Å²) in [5.41, 5.74) is 8.63. The number of nitrogens with zero attached hydrogens (tertiary/aromatic N) is 4. The van der Waals surface area contributed by atoms with Gasteiger partial charge in [-0.05, 0) is 24.1 Å². The third kappa shape index (κ3) is 4.81. The van der Waals surface area contributed by atoms with Gasteiger partial charge in [-0.3, -0.25) is 14.5 Å². The highest BCUT2D eigenvalue weighted by Gasteiger charge is 2.34. The number of nitrogens with two attached hydrogens (primary N) is 1. The van der Waals surface area contributed by atoms with Crippen LogP contribution in [0.15, 0.2) is 54.6 Å². The molecule has 8 nitrogen and oxygen atoms in total. The first-order chi connectivity index (χ1) is 15.6. The van der Waals surface area contributed by atoms with Gasteiger partial charge in [-0.15, -0.1) is 0 Å². The maximum atomic E-state index is 13.3. The number of amides is 2. The predicted octanol–water partition coefficient (Wildman–Crippen LogP) is 1.42. The van der Waals surface area contributed by atoms with E-state index in [-0.39, 0.29) is 12.5 Å². The molecule has 0 spiro atoms. The number of piperazine rings is 1. The van der Waals surface area contributed by atoms with Crippen molar-refractivity contribution in [3.8, 4) is 0 Å². The minimum atomic E-state index is -0.646. The molecule has 2 N–H and O–H groups in total. The minimum Gasteiger partial charge on any atom is -0.377 e. The van der Waals surface area contributed by atoms with E-state index >= 15 is 0 Å². The van der Waals surface area contributed by atoms with Crippen molar-refractivity contribution in [2.45, 2.75) is 25.6 Å². The molecule has 32 heavy (non-hydrogen) atoms. The van der Waals surface area contributed by atoms with Crippen LogP contribution in [0.4, 0.5) is 0 Å². The Hall–Kier alpha value is -3.23. The quantitative estimate of drug-likeness (QED) is 0.578. The molecule has 0 bridgehead atoms. The number of primary amides is 1. The van der Waals surface area contributed by atoms with Crippen molar-refractivity contribution in [3.05, 3.63) is 66.0 Å². The number of methoxy groups -OCH3 is 1. The topological polar surface area (TPSA) is 93.7 Å². The lowest BCUT2D eigenvalue weighted by atomic mass is 10.1. The third-order valence-corrected chi connectivity index (χ3v) is 5.97. The molecule has 1 aromatic heterocycles. The Kier molecular flexibility index (Phi) is 6.82. The van der Waals surface area contributed by atoms with E-state index in [1.54, 1.807) is 12.0 Å². The zero-order chi connectivity index (χ0) is 22.5. The molecule has 0 aliphatic carbocycles. The Morgan fingerprint density at radius 2 is 1.84 bits per heavy atom. The highest BCUT2D eigenvalue weighted by Crippen LogP contribution is 2.19. The van der Waals surface area contributed by atoms with Gasteiger partial charge in [0.25, 0.3) is 0 Å². The van der Waals surface area contributed by atoms with Gasteiger partial charge in [0, 0.05) is 33.3 Å². The van der Waals surface area contributed by atoms with Crippen LogP contribution in [0.1, 0.15) is 11.4 Å². The standard InChI is InChI=1S/C24H29N5O3/c1-32-17-22-26-19-9-5-6-10-20(19)29(22)16-23(30)28-14-13-27(15-21(28)24(25)31)12-11-18-7-3-2-4-8-18/h2-10,21H,11-17H2,1H3,(H2,25,31)/t21-/m0/s1. The number of hydrogen-bond acceptors (Lipinski definition) is 5. The number of imidazole rings is 1. The minimum absolute atomic E-state index is 0.0903. The van der Waals surface area contributed by atoms with E-state index in [0.717, 1.165) is 24.0 Å². The molecule has 4 rings (SSSR count). The van der Waals surface area contributed by atoms with Crippen LogP contribution in [0.2, 0.25) is 0 Å². The maximum absolute atomic E-state index is 13.3. The molecule has 0 radical (unpaired) electrons. The average Bonchev–Trinajstić information content (AvgIpc) is 3.15. The van der Waals surface area contributed by atoms with E-state index in [0.29, 0.717) is 32.1 Å². The molecule has 1 fully saturated rings. The van der Waals surface area contributed by atoms with E-state index in [1.807, 2.05) is 47.0 Å². The zero-order valence-electron chi connectivity index (χ0n) is 18.3. The third-order valence-electron chi connectivity index (χ3n) is 5.97. The lowest BCUT2D eigenvalue weighted by molar-refractivity contribution is -0.143. The van der Waals surface area contributed by atoms with Crippen LogP contribution >= 0.6 is 0 Å². The fourth-order valence-corrected chi connectivity index (χ4v) is 4.28. The number of ether oxygens (including phenoxy) is 1. The molecule has 1 atom stereocenters. The van der Waals surface area contributed by atoms with Gasteiger partial charge < -0.3 is 19.9 Å². The smallest absolute Gasteiger partial charge is 0.243 e. The van der Waals surface area contributed by atoms with Crippen LogP contribution in [0, 0.1) is 0 Å². The molecule has 0 unspecified atom stereocenters. The number of aromatic nitrogens is 2. The molecular weight excluding hydrogens is 406 g/mol. The first kappa shape index (κ1) is 22.0. The molecule has 8 heteroatoms. The first-order valence-electron chi connectivity index (χ1n) is 10.8. The molecule has 2 aromatic carbocycles. The number of carbonyl (C=O) groups is 2. The van der Waals surface area contributed by atoms with Crippen LogP contribution in [-0.4, -0.2) is 70.5 Å². The van der Waals surface area contributed by atoms with Crippen molar-refractivity contribution < 1.29 is 14.3 Å². The number of carbonyl (C=O) groups excluding carboxylic acids is 2. The van der Waals surface area contributed by atoms with Gasteiger partial charge in [-0.25, -0.2) is 4.98 Å². The fourth-order valence-electron chi connectivity index (χ4n) is 4.28. The Balaban J connectivity index is 1.46. The molecular formula is C24H29N5O3. The van der Waals surface area contributed by atoms with Crippen molar-refractivity contribution in [2.75, 3.05) is 33.3 Å². The summed E-state index contributed by atoms with van der Waals surface area (Å²) < 4.78 is 7.14. The molecule has 1 aliphatic rings. The highest BCUT2D eigenvalue weighted by atomic mass is 16.5. The number of fused-ring (bicyclic) bond motifs is 1. The Bertz CT molecular complexity index is 1080. The van der Waals surface area contributed by atoms with E-state index < -0.39 is 11.9 Å². The van der Waals surface area contributed by atoms with Gasteiger partial charge in [-0.2, -0.15) is 0 Å². The summed E-state index contributed by atoms with van der Waals surface area (Å²) in [6, 6.07) is 17.3. The number of benzene rings is 2. The van der Waals surface area contributed by atoms with Gasteiger partial charge in [0.2, 0.25) is 11.8 Å². The number of rotatable bonds is 8. The van der Waals surface area contributed by atoms with E-state index in [1.165, 1.54) is 5.56 Å². The summed E-state index contributed by atoms with van der Waals surface area (Å²) in [6.45, 7) is 2.83. The normalized spacial score (nSPS) is 17.0. The van der Waals surface area contributed by atoms with Crippen molar-refractivity contribution in [3.63, 3.8) is 0 Å². The van der Waals surface area contributed by atoms with Crippen LogP contribution in [0.5, 0.6) is 0 Å². The summed E-state index contributed by atoms with van der Waals surface area (Å²) in [5, 5.41) is 0. The maximum Gasteiger partial charge on any atom is 0.243 e. The Morgan fingerprint density at radius 3 is 2.59 bits per heavy atom. The van der Waals surface area contributed by atoms with Crippen LogP contribution in [0.3, 0.4) is 0 Å². The van der Waals surface area contributed by atoms with Crippen molar-refractivity contribution >= 4 is 22.8 Å². The second-order valence-corrected chi connectivity index (χ2v) is 8.08. The Morgan fingerprint density at radius 1 is 1.09 bits per heavy atom. The first-order valence-corrected chi connectivity index (χ1v) is 10.8. The highest BCUT2D eigenvalue weighted by molar-refractivity contribution is 5.88. The number of hydrogen-bond donors (Lipinski definition) is 1. The molecule has 1 saturated heterocycles. The molecule has 0 saturated carbocycles. The molecule has 3 aromatic rings. The van der Waals surface area contributed by atoms with Crippen molar-refractivity contribution in [1.82, 2.24) is 19.4 Å². The summed E-state index contributed by atoms with van der Waals surface area (Å²) in [6.07, 6.45) is 0.891. The van der Waals surface area contributed by atoms with E-state index in [2.05, 4.69) is 22.0 Å². The van der Waals surface area contributed by atoms with E-state index in [4.69, 9.17) is 10.5 Å². The molecule has 1 aliphatic heterocycles. The van der Waals surface area contributed by atoms with Crippen LogP contribution < -0.4 is 5.73 Å². The van der Waals surface area contributed by atoms with Crippen molar-refractivity contribution in [2.24, 2.45) is 5.73 Å². The van der Waals surface area contributed by atoms with Gasteiger partial charge in [0.1, 0.15) is 25.0 Å². The molecule has 2 heterocycles. The van der Waals surface area contributed by atoms with Gasteiger partial charge in [-0.1, -0.05) is 42.5 Å². The van der Waals surface area contributed by atoms with Gasteiger partial charge >= 0.3 is 0 Å². The monoisotopic (exact) mass is 435 g/mol. The van der Waals surface area contributed by atoms with Crippen LogP contribution in [-0.2, 0) is 33.9 Å². The van der Waals surface area contributed by atoms with Crippen LogP contribution in [0.25, 0.3) is 11.0 Å². The van der Waals surface area contributed by atoms with Gasteiger partial charge in [0.15, 0.2) is 0 Å².